The van der Waals surface area contributed by atoms with Gasteiger partial charge in [0.15, 0.2) is 0 Å². The summed E-state index contributed by atoms with van der Waals surface area (Å²) in [7, 11) is 0. The summed E-state index contributed by atoms with van der Waals surface area (Å²) < 4.78 is 0. The lowest BCUT2D eigenvalue weighted by Crippen LogP contribution is -1.93. The Morgan fingerprint density at radius 3 is 2.40 bits per heavy atom. The van der Waals surface area contributed by atoms with E-state index in [2.05, 4.69) is 47.5 Å². The zero-order valence-corrected chi connectivity index (χ0v) is 9.12. The van der Waals surface area contributed by atoms with Crippen LogP contribution in [0.15, 0.2) is 24.4 Å². The van der Waals surface area contributed by atoms with E-state index in [1.807, 2.05) is 0 Å². The van der Waals surface area contributed by atoms with Crippen molar-refractivity contribution < 1.29 is 0 Å². The van der Waals surface area contributed by atoms with Crippen molar-refractivity contribution >= 4 is 0 Å². The molecule has 0 spiro atoms. The average molecular weight is 201 g/mol. The van der Waals surface area contributed by atoms with Crippen molar-refractivity contribution in [2.75, 3.05) is 0 Å². The molecule has 0 radical (unpaired) electrons. The van der Waals surface area contributed by atoms with Crippen LogP contribution in [0.3, 0.4) is 0 Å². The molecule has 0 amide bonds. The van der Waals surface area contributed by atoms with Crippen molar-refractivity contribution in [3.63, 3.8) is 0 Å². The number of H-pyrrole nitrogens is 1. The van der Waals surface area contributed by atoms with Gasteiger partial charge in [-0.3, -0.25) is 0 Å². The van der Waals surface area contributed by atoms with Crippen LogP contribution in [0, 0.1) is 13.8 Å². The van der Waals surface area contributed by atoms with E-state index < -0.39 is 0 Å². The summed E-state index contributed by atoms with van der Waals surface area (Å²) in [6.45, 7) is 4.26. The molecule has 0 aliphatic rings. The number of benzene rings is 1. The van der Waals surface area contributed by atoms with Crippen LogP contribution in [-0.2, 0) is 12.8 Å². The normalized spacial score (nSPS) is 10.5. The SMILES string of the molecule is Cc1cc(C)cc(CCc2cn[nH]n2)c1. The van der Waals surface area contributed by atoms with Gasteiger partial charge in [0.05, 0.1) is 11.9 Å². The summed E-state index contributed by atoms with van der Waals surface area (Å²) in [6.07, 6.45) is 3.75. The topological polar surface area (TPSA) is 41.6 Å². The van der Waals surface area contributed by atoms with Gasteiger partial charge in [-0.05, 0) is 32.3 Å². The number of aryl methyl sites for hydroxylation is 4. The van der Waals surface area contributed by atoms with Gasteiger partial charge in [0.2, 0.25) is 0 Å². The second-order valence-electron chi connectivity index (χ2n) is 3.96. The lowest BCUT2D eigenvalue weighted by molar-refractivity contribution is 0.870. The summed E-state index contributed by atoms with van der Waals surface area (Å²) in [5.74, 6) is 0. The van der Waals surface area contributed by atoms with E-state index in [-0.39, 0.29) is 0 Å². The van der Waals surface area contributed by atoms with E-state index in [0.717, 1.165) is 18.5 Å². The van der Waals surface area contributed by atoms with Crippen molar-refractivity contribution in [3.8, 4) is 0 Å². The molecule has 0 unspecified atom stereocenters. The number of aromatic amines is 1. The third-order valence-electron chi connectivity index (χ3n) is 2.42. The number of nitrogens with zero attached hydrogens (tertiary/aromatic N) is 2. The Morgan fingerprint density at radius 1 is 1.07 bits per heavy atom. The first kappa shape index (κ1) is 9.90. The summed E-state index contributed by atoms with van der Waals surface area (Å²) in [5, 5.41) is 10.5. The molecular weight excluding hydrogens is 186 g/mol. The Labute approximate surface area is 89.5 Å². The highest BCUT2D eigenvalue weighted by molar-refractivity contribution is 5.28. The first-order valence-electron chi connectivity index (χ1n) is 5.16. The fraction of sp³-hybridized carbons (Fsp3) is 0.333. The van der Waals surface area contributed by atoms with Crippen LogP contribution in [0.5, 0.6) is 0 Å². The average Bonchev–Trinajstić information content (AvgIpc) is 2.65. The molecule has 78 valence electrons. The Morgan fingerprint density at radius 2 is 1.80 bits per heavy atom. The van der Waals surface area contributed by atoms with Gasteiger partial charge >= 0.3 is 0 Å². The molecule has 1 N–H and O–H groups in total. The van der Waals surface area contributed by atoms with Crippen LogP contribution < -0.4 is 0 Å². The van der Waals surface area contributed by atoms with Crippen LogP contribution in [0.25, 0.3) is 0 Å². The summed E-state index contributed by atoms with van der Waals surface area (Å²) in [5.41, 5.74) is 5.04. The molecule has 0 saturated carbocycles. The molecule has 1 aromatic heterocycles. The predicted octanol–water partition coefficient (Wildman–Crippen LogP) is 2.21. The standard InChI is InChI=1S/C12H15N3/c1-9-5-10(2)7-11(6-9)3-4-12-8-13-15-14-12/h5-8H,3-4H2,1-2H3,(H,13,14,15). The molecule has 0 saturated heterocycles. The number of hydrogen-bond acceptors (Lipinski definition) is 2. The predicted molar refractivity (Wildman–Crippen MR) is 59.7 cm³/mol. The van der Waals surface area contributed by atoms with Gasteiger partial charge in [0.25, 0.3) is 0 Å². The highest BCUT2D eigenvalue weighted by Gasteiger charge is 1.99. The number of nitrogens with one attached hydrogen (secondary N) is 1. The maximum Gasteiger partial charge on any atom is 0.0828 e. The molecule has 3 nitrogen and oxygen atoms in total. The van der Waals surface area contributed by atoms with Gasteiger partial charge in [0, 0.05) is 0 Å². The fourth-order valence-electron chi connectivity index (χ4n) is 1.83. The lowest BCUT2D eigenvalue weighted by atomic mass is 10.0. The molecule has 0 atom stereocenters. The molecule has 0 aliphatic heterocycles. The van der Waals surface area contributed by atoms with E-state index in [1.54, 1.807) is 6.20 Å². The third kappa shape index (κ3) is 2.65. The summed E-state index contributed by atoms with van der Waals surface area (Å²) in [4.78, 5) is 0. The zero-order chi connectivity index (χ0) is 10.7. The van der Waals surface area contributed by atoms with E-state index in [1.165, 1.54) is 16.7 Å². The maximum absolute atomic E-state index is 4.04. The minimum absolute atomic E-state index is 0.944. The van der Waals surface area contributed by atoms with Crippen molar-refractivity contribution in [3.05, 3.63) is 46.8 Å². The molecule has 2 aromatic rings. The number of aromatic nitrogens is 3. The number of rotatable bonds is 3. The molecule has 2 rings (SSSR count). The van der Waals surface area contributed by atoms with Crippen LogP contribution in [0.1, 0.15) is 22.4 Å². The zero-order valence-electron chi connectivity index (χ0n) is 9.12. The first-order valence-corrected chi connectivity index (χ1v) is 5.16. The molecule has 0 aliphatic carbocycles. The second-order valence-corrected chi connectivity index (χ2v) is 3.96. The summed E-state index contributed by atoms with van der Waals surface area (Å²) in [6, 6.07) is 6.65. The van der Waals surface area contributed by atoms with Crippen molar-refractivity contribution in [1.29, 1.82) is 0 Å². The van der Waals surface area contributed by atoms with Gasteiger partial charge < -0.3 is 0 Å². The third-order valence-corrected chi connectivity index (χ3v) is 2.42. The van der Waals surface area contributed by atoms with Crippen LogP contribution >= 0.6 is 0 Å². The Bertz CT molecular complexity index is 412. The quantitative estimate of drug-likeness (QED) is 0.827. The van der Waals surface area contributed by atoms with Gasteiger partial charge in [0.1, 0.15) is 0 Å². The smallest absolute Gasteiger partial charge is 0.0828 e. The molecular formula is C12H15N3. The van der Waals surface area contributed by atoms with E-state index in [4.69, 9.17) is 0 Å². The Balaban J connectivity index is 2.05. The molecule has 1 heterocycles. The van der Waals surface area contributed by atoms with Crippen LogP contribution in [0.4, 0.5) is 0 Å². The first-order chi connectivity index (χ1) is 7.24. The Hall–Kier alpha value is -1.64. The molecule has 0 bridgehead atoms. The van der Waals surface area contributed by atoms with Crippen molar-refractivity contribution in [2.24, 2.45) is 0 Å². The van der Waals surface area contributed by atoms with E-state index >= 15 is 0 Å². The monoisotopic (exact) mass is 201 g/mol. The van der Waals surface area contributed by atoms with Gasteiger partial charge in [-0.15, -0.1) is 0 Å². The summed E-state index contributed by atoms with van der Waals surface area (Å²) >= 11 is 0. The minimum Gasteiger partial charge on any atom is -0.198 e. The van der Waals surface area contributed by atoms with Crippen molar-refractivity contribution in [2.45, 2.75) is 26.7 Å². The lowest BCUT2D eigenvalue weighted by Gasteiger charge is -2.03. The van der Waals surface area contributed by atoms with Crippen LogP contribution in [0.2, 0.25) is 0 Å². The Kier molecular flexibility index (Phi) is 2.81. The second kappa shape index (κ2) is 4.26. The van der Waals surface area contributed by atoms with Gasteiger partial charge in [-0.2, -0.15) is 15.4 Å². The van der Waals surface area contributed by atoms with Crippen LogP contribution in [-0.4, -0.2) is 15.4 Å². The van der Waals surface area contributed by atoms with Gasteiger partial charge in [-0.25, -0.2) is 0 Å². The van der Waals surface area contributed by atoms with Crippen molar-refractivity contribution in [1.82, 2.24) is 15.4 Å². The molecule has 0 fully saturated rings. The highest BCUT2D eigenvalue weighted by Crippen LogP contribution is 2.10. The minimum atomic E-state index is 0.944. The molecule has 3 heteroatoms. The maximum atomic E-state index is 4.04. The van der Waals surface area contributed by atoms with E-state index in [9.17, 15) is 0 Å². The molecule has 15 heavy (non-hydrogen) atoms. The fourth-order valence-corrected chi connectivity index (χ4v) is 1.83. The van der Waals surface area contributed by atoms with E-state index in [0.29, 0.717) is 0 Å². The van der Waals surface area contributed by atoms with Gasteiger partial charge in [-0.1, -0.05) is 29.3 Å². The highest BCUT2D eigenvalue weighted by atomic mass is 15.3. The molecule has 1 aromatic carbocycles. The number of hydrogen-bond donors (Lipinski definition) is 1. The largest absolute Gasteiger partial charge is 0.198 e.